The Kier molecular flexibility index (Phi) is 15.6. The minimum absolute atomic E-state index is 0.286. The number of nitrogens with zero attached hydrogens (tertiary/aromatic N) is 2. The fraction of sp³-hybridized carbons (Fsp3) is 0.969. The van der Waals surface area contributed by atoms with Crippen LogP contribution < -0.4 is 0 Å². The predicted octanol–water partition coefficient (Wildman–Crippen LogP) is 8.85. The monoisotopic (exact) mass is 490 g/mol. The van der Waals surface area contributed by atoms with Gasteiger partial charge in [-0.15, -0.1) is 0 Å². The van der Waals surface area contributed by atoms with Gasteiger partial charge in [0.1, 0.15) is 0 Å². The lowest BCUT2D eigenvalue weighted by Gasteiger charge is -2.54. The third-order valence-corrected chi connectivity index (χ3v) is 9.18. The first kappa shape index (κ1) is 30.7. The number of carbonyl (C=O) groups is 1. The van der Waals surface area contributed by atoms with Gasteiger partial charge >= 0.3 is 0 Å². The number of amides is 1. The van der Waals surface area contributed by atoms with Gasteiger partial charge in [-0.3, -0.25) is 4.79 Å². The molecule has 0 bridgehead atoms. The Morgan fingerprint density at radius 3 is 1.74 bits per heavy atom. The Morgan fingerprint density at radius 1 is 0.657 bits per heavy atom. The number of piperidine rings is 1. The van der Waals surface area contributed by atoms with Gasteiger partial charge in [0.25, 0.3) is 0 Å². The standard InChI is InChI=1S/C32H62N2O/c1-5-9-13-15-18-29(17-14-10-6-2)19-16-24-33-27-32(28-33)22-25-34(26-23-32)31(35)30(20-11-7-3)21-12-8-4/h29-30H,5-28H2,1-4H3. The fourth-order valence-corrected chi connectivity index (χ4v) is 6.71. The van der Waals surface area contributed by atoms with E-state index in [4.69, 9.17) is 0 Å². The molecule has 0 aromatic carbocycles. The molecule has 0 aromatic heterocycles. The summed E-state index contributed by atoms with van der Waals surface area (Å²) in [5, 5.41) is 0. The SMILES string of the molecule is CCCCCCC(CCCCC)CCCN1CC2(CCN(C(=O)C(CCCC)CCCC)CC2)C1. The highest BCUT2D eigenvalue weighted by atomic mass is 16.2. The number of likely N-dealkylation sites (tertiary alicyclic amines) is 2. The van der Waals surface area contributed by atoms with Crippen molar-refractivity contribution in [1.82, 2.24) is 9.80 Å². The quantitative estimate of drug-likeness (QED) is 0.159. The molecule has 3 nitrogen and oxygen atoms in total. The highest BCUT2D eigenvalue weighted by molar-refractivity contribution is 5.79. The smallest absolute Gasteiger partial charge is 0.225 e. The number of rotatable bonds is 20. The third-order valence-electron chi connectivity index (χ3n) is 9.18. The zero-order valence-electron chi connectivity index (χ0n) is 24.4. The van der Waals surface area contributed by atoms with Crippen molar-refractivity contribution in [2.75, 3.05) is 32.7 Å². The van der Waals surface area contributed by atoms with Gasteiger partial charge in [0.15, 0.2) is 0 Å². The van der Waals surface area contributed by atoms with Crippen LogP contribution >= 0.6 is 0 Å². The molecule has 1 amide bonds. The molecule has 206 valence electrons. The molecule has 2 fully saturated rings. The molecular formula is C32H62N2O. The first-order valence-electron chi connectivity index (χ1n) is 16.1. The maximum Gasteiger partial charge on any atom is 0.225 e. The summed E-state index contributed by atoms with van der Waals surface area (Å²) in [6.45, 7) is 15.0. The molecule has 2 rings (SSSR count). The topological polar surface area (TPSA) is 23.6 Å². The van der Waals surface area contributed by atoms with E-state index in [1.807, 2.05) is 0 Å². The second-order valence-corrected chi connectivity index (χ2v) is 12.4. The van der Waals surface area contributed by atoms with Gasteiger partial charge in [-0.05, 0) is 56.4 Å². The summed E-state index contributed by atoms with van der Waals surface area (Å²) in [6.07, 6.45) is 25.1. The van der Waals surface area contributed by atoms with Crippen molar-refractivity contribution in [3.05, 3.63) is 0 Å². The van der Waals surface area contributed by atoms with Gasteiger partial charge in [-0.2, -0.15) is 0 Å². The molecule has 2 aliphatic heterocycles. The van der Waals surface area contributed by atoms with Crippen LogP contribution in [0.1, 0.15) is 150 Å². The van der Waals surface area contributed by atoms with Crippen molar-refractivity contribution in [3.8, 4) is 0 Å². The summed E-state index contributed by atoms with van der Waals surface area (Å²) in [7, 11) is 0. The van der Waals surface area contributed by atoms with Crippen LogP contribution in [0, 0.1) is 17.3 Å². The van der Waals surface area contributed by atoms with Crippen LogP contribution in [0.3, 0.4) is 0 Å². The number of unbranched alkanes of at least 4 members (excludes halogenated alkanes) is 7. The lowest BCUT2D eigenvalue weighted by molar-refractivity contribution is -0.141. The Labute approximate surface area is 220 Å². The average Bonchev–Trinajstić information content (AvgIpc) is 2.85. The first-order valence-corrected chi connectivity index (χ1v) is 16.1. The molecule has 0 N–H and O–H groups in total. The van der Waals surface area contributed by atoms with Crippen LogP contribution in [0.4, 0.5) is 0 Å². The second-order valence-electron chi connectivity index (χ2n) is 12.4. The minimum atomic E-state index is 0.286. The minimum Gasteiger partial charge on any atom is -0.342 e. The molecule has 2 saturated heterocycles. The van der Waals surface area contributed by atoms with Crippen molar-refractivity contribution in [1.29, 1.82) is 0 Å². The highest BCUT2D eigenvalue weighted by Crippen LogP contribution is 2.41. The van der Waals surface area contributed by atoms with Crippen molar-refractivity contribution in [2.24, 2.45) is 17.3 Å². The van der Waals surface area contributed by atoms with Crippen LogP contribution in [-0.2, 0) is 4.79 Å². The highest BCUT2D eigenvalue weighted by Gasteiger charge is 2.45. The molecule has 1 atom stereocenters. The molecule has 2 heterocycles. The van der Waals surface area contributed by atoms with Gasteiger partial charge in [0.2, 0.25) is 5.91 Å². The summed E-state index contributed by atoms with van der Waals surface area (Å²) >= 11 is 0. The van der Waals surface area contributed by atoms with Gasteiger partial charge in [-0.25, -0.2) is 0 Å². The molecule has 2 aliphatic rings. The number of hydrogen-bond donors (Lipinski definition) is 0. The van der Waals surface area contributed by atoms with Crippen LogP contribution in [0.2, 0.25) is 0 Å². The Hall–Kier alpha value is -0.570. The van der Waals surface area contributed by atoms with Crippen molar-refractivity contribution >= 4 is 5.91 Å². The third kappa shape index (κ3) is 11.1. The summed E-state index contributed by atoms with van der Waals surface area (Å²) in [4.78, 5) is 18.2. The Morgan fingerprint density at radius 2 is 1.17 bits per heavy atom. The maximum absolute atomic E-state index is 13.2. The van der Waals surface area contributed by atoms with E-state index in [0.29, 0.717) is 11.3 Å². The summed E-state index contributed by atoms with van der Waals surface area (Å²) < 4.78 is 0. The predicted molar refractivity (Wildman–Crippen MR) is 153 cm³/mol. The van der Waals surface area contributed by atoms with Crippen molar-refractivity contribution < 1.29 is 4.79 Å². The molecule has 0 radical (unpaired) electrons. The molecule has 3 heteroatoms. The van der Waals surface area contributed by atoms with E-state index in [1.54, 1.807) is 0 Å². The molecule has 0 aliphatic carbocycles. The maximum atomic E-state index is 13.2. The molecule has 1 spiro atoms. The van der Waals surface area contributed by atoms with E-state index in [-0.39, 0.29) is 5.92 Å². The van der Waals surface area contributed by atoms with Gasteiger partial charge in [0, 0.05) is 32.1 Å². The van der Waals surface area contributed by atoms with Crippen LogP contribution in [0.15, 0.2) is 0 Å². The normalized spacial score (nSPS) is 18.8. The molecule has 35 heavy (non-hydrogen) atoms. The van der Waals surface area contributed by atoms with Crippen LogP contribution in [-0.4, -0.2) is 48.4 Å². The van der Waals surface area contributed by atoms with E-state index >= 15 is 0 Å². The van der Waals surface area contributed by atoms with Crippen molar-refractivity contribution in [2.45, 2.75) is 150 Å². The number of carbonyl (C=O) groups excluding carboxylic acids is 1. The van der Waals surface area contributed by atoms with E-state index in [2.05, 4.69) is 37.5 Å². The molecule has 0 saturated carbocycles. The summed E-state index contributed by atoms with van der Waals surface area (Å²) in [5.41, 5.74) is 0.528. The van der Waals surface area contributed by atoms with Gasteiger partial charge < -0.3 is 9.80 Å². The summed E-state index contributed by atoms with van der Waals surface area (Å²) in [6, 6.07) is 0. The van der Waals surface area contributed by atoms with E-state index in [0.717, 1.165) is 31.8 Å². The average molecular weight is 491 g/mol. The Balaban J connectivity index is 1.67. The molecule has 0 aromatic rings. The zero-order valence-corrected chi connectivity index (χ0v) is 24.4. The zero-order chi connectivity index (χ0) is 25.4. The Bertz CT molecular complexity index is 524. The van der Waals surface area contributed by atoms with E-state index in [1.165, 1.54) is 129 Å². The lowest BCUT2D eigenvalue weighted by atomic mass is 9.71. The summed E-state index contributed by atoms with van der Waals surface area (Å²) in [5.74, 6) is 1.73. The van der Waals surface area contributed by atoms with Crippen LogP contribution in [0.25, 0.3) is 0 Å². The van der Waals surface area contributed by atoms with Crippen molar-refractivity contribution in [3.63, 3.8) is 0 Å². The first-order chi connectivity index (χ1) is 17.1. The largest absolute Gasteiger partial charge is 0.342 e. The van der Waals surface area contributed by atoms with E-state index < -0.39 is 0 Å². The van der Waals surface area contributed by atoms with Gasteiger partial charge in [-0.1, -0.05) is 111 Å². The lowest BCUT2D eigenvalue weighted by Crippen LogP contribution is -2.61. The van der Waals surface area contributed by atoms with Gasteiger partial charge in [0.05, 0.1) is 0 Å². The second kappa shape index (κ2) is 17.8. The number of hydrogen-bond acceptors (Lipinski definition) is 2. The molecule has 1 unspecified atom stereocenters. The molecular weight excluding hydrogens is 428 g/mol. The van der Waals surface area contributed by atoms with Crippen LogP contribution in [0.5, 0.6) is 0 Å². The fourth-order valence-electron chi connectivity index (χ4n) is 6.71. The van der Waals surface area contributed by atoms with E-state index in [9.17, 15) is 4.79 Å².